The van der Waals surface area contributed by atoms with Crippen molar-refractivity contribution in [2.45, 2.75) is 450 Å². The summed E-state index contributed by atoms with van der Waals surface area (Å²) in [7, 11) is 0. The number of allylic oxidation sites excluding steroid dienone is 1. The highest BCUT2D eigenvalue weighted by atomic mass is 16.5. The molecule has 0 spiro atoms. The van der Waals surface area contributed by atoms with Gasteiger partial charge in [0.2, 0.25) is 5.91 Å². The number of carbonyl (C=O) groups excluding carboxylic acids is 2. The summed E-state index contributed by atoms with van der Waals surface area (Å²) in [5, 5.41) is 23.1. The number of aliphatic hydroxyl groups is 2. The minimum absolute atomic E-state index is 0.0281. The Balaban J connectivity index is 3.27. The minimum atomic E-state index is -0.838. The van der Waals surface area contributed by atoms with Crippen LogP contribution in [-0.4, -0.2) is 47.4 Å². The number of amides is 1. The highest BCUT2D eigenvalue weighted by Crippen LogP contribution is 2.20. The van der Waals surface area contributed by atoms with Crippen LogP contribution in [0.1, 0.15) is 438 Å². The molecule has 0 saturated carbocycles. The number of esters is 1. The van der Waals surface area contributed by atoms with Crippen molar-refractivity contribution in [3.05, 3.63) is 12.2 Å². The number of ether oxygens (including phenoxy) is 1. The lowest BCUT2D eigenvalue weighted by Gasteiger charge is -2.20. The predicted molar refractivity (Wildman–Crippen MR) is 361 cm³/mol. The highest BCUT2D eigenvalue weighted by molar-refractivity contribution is 5.76. The van der Waals surface area contributed by atoms with Gasteiger partial charge in [-0.3, -0.25) is 9.59 Å². The molecule has 0 aromatic rings. The molecule has 0 aliphatic rings. The topological polar surface area (TPSA) is 95.9 Å². The molecule has 0 aliphatic heterocycles. The van der Waals surface area contributed by atoms with E-state index in [4.69, 9.17) is 4.74 Å². The van der Waals surface area contributed by atoms with E-state index < -0.39 is 12.1 Å². The van der Waals surface area contributed by atoms with Crippen LogP contribution in [0.2, 0.25) is 0 Å². The van der Waals surface area contributed by atoms with Gasteiger partial charge in [-0.05, 0) is 32.1 Å². The number of carbonyl (C=O) groups is 2. The molecular weight excluding hydrogens is 1010 g/mol. The van der Waals surface area contributed by atoms with Crippen molar-refractivity contribution in [2.75, 3.05) is 13.2 Å². The lowest BCUT2D eigenvalue weighted by atomic mass is 10.0. The molecule has 488 valence electrons. The van der Waals surface area contributed by atoms with Crippen LogP contribution < -0.4 is 5.32 Å². The van der Waals surface area contributed by atoms with E-state index in [0.717, 1.165) is 38.5 Å². The summed E-state index contributed by atoms with van der Waals surface area (Å²) >= 11 is 0. The van der Waals surface area contributed by atoms with Gasteiger partial charge in [0.15, 0.2) is 0 Å². The summed E-state index contributed by atoms with van der Waals surface area (Å²) in [5.41, 5.74) is 0. The van der Waals surface area contributed by atoms with E-state index in [1.54, 1.807) is 6.08 Å². The van der Waals surface area contributed by atoms with E-state index in [9.17, 15) is 19.8 Å². The second-order valence-electron chi connectivity index (χ2n) is 26.4. The minimum Gasteiger partial charge on any atom is -0.466 e. The molecule has 0 bridgehead atoms. The Labute approximate surface area is 514 Å². The number of hydrogen-bond donors (Lipinski definition) is 3. The molecule has 0 saturated heterocycles. The van der Waals surface area contributed by atoms with Crippen LogP contribution >= 0.6 is 0 Å². The van der Waals surface area contributed by atoms with Crippen LogP contribution in [0.5, 0.6) is 0 Å². The molecule has 0 aromatic carbocycles. The van der Waals surface area contributed by atoms with E-state index >= 15 is 0 Å². The van der Waals surface area contributed by atoms with Crippen molar-refractivity contribution in [2.24, 2.45) is 0 Å². The van der Waals surface area contributed by atoms with Crippen molar-refractivity contribution in [3.63, 3.8) is 0 Å². The van der Waals surface area contributed by atoms with Crippen LogP contribution in [0.3, 0.4) is 0 Å². The number of hydrogen-bond acceptors (Lipinski definition) is 5. The van der Waals surface area contributed by atoms with Gasteiger partial charge in [0.25, 0.3) is 0 Å². The number of unbranched alkanes of at least 4 members (excludes halogenated alkanes) is 61. The summed E-state index contributed by atoms with van der Waals surface area (Å²) in [6, 6.07) is -0.621. The summed E-state index contributed by atoms with van der Waals surface area (Å²) in [5.74, 6) is -0.0330. The van der Waals surface area contributed by atoms with Gasteiger partial charge in [0, 0.05) is 12.8 Å². The number of nitrogens with one attached hydrogen (secondary N) is 1. The van der Waals surface area contributed by atoms with E-state index in [1.807, 2.05) is 6.08 Å². The first-order chi connectivity index (χ1) is 40.5. The molecule has 0 heterocycles. The lowest BCUT2D eigenvalue weighted by Crippen LogP contribution is -2.45. The van der Waals surface area contributed by atoms with Crippen LogP contribution in [0.25, 0.3) is 0 Å². The van der Waals surface area contributed by atoms with Crippen LogP contribution in [0, 0.1) is 0 Å². The Morgan fingerprint density at radius 1 is 0.329 bits per heavy atom. The van der Waals surface area contributed by atoms with Gasteiger partial charge in [0.05, 0.1) is 25.4 Å². The molecule has 1 amide bonds. The standard InChI is InChI=1S/C76H149NO5/c1-3-5-7-9-11-13-15-16-17-39-43-46-50-54-58-62-66-70-76(81)82-71-67-63-59-55-51-47-44-41-38-36-34-32-30-28-26-24-22-20-18-19-21-23-25-27-29-31-33-35-37-40-42-45-49-53-57-61-65-69-75(80)77-73(72-78)74(79)68-64-60-56-52-48-14-12-10-8-6-4-2/h64,68,73-74,78-79H,3-63,65-67,69-72H2,1-2H3,(H,77,80)/b68-64+. The van der Waals surface area contributed by atoms with Crippen molar-refractivity contribution in [3.8, 4) is 0 Å². The second-order valence-corrected chi connectivity index (χ2v) is 26.4. The van der Waals surface area contributed by atoms with E-state index in [-0.39, 0.29) is 18.5 Å². The Kier molecular flexibility index (Phi) is 70.8. The maximum atomic E-state index is 12.4. The molecule has 0 radical (unpaired) electrons. The Hall–Kier alpha value is -1.40. The summed E-state index contributed by atoms with van der Waals surface area (Å²) < 4.78 is 5.52. The van der Waals surface area contributed by atoms with Crippen molar-refractivity contribution in [1.82, 2.24) is 5.32 Å². The molecule has 2 atom stereocenters. The van der Waals surface area contributed by atoms with Gasteiger partial charge in [-0.1, -0.05) is 405 Å². The summed E-state index contributed by atoms with van der Waals surface area (Å²) in [6.07, 6.45) is 90.6. The average Bonchev–Trinajstić information content (AvgIpc) is 3.48. The van der Waals surface area contributed by atoms with E-state index in [1.165, 1.54) is 372 Å². The van der Waals surface area contributed by atoms with Crippen molar-refractivity contribution in [1.29, 1.82) is 0 Å². The summed E-state index contributed by atoms with van der Waals surface area (Å²) in [6.45, 7) is 4.94. The first kappa shape index (κ1) is 80.6. The lowest BCUT2D eigenvalue weighted by molar-refractivity contribution is -0.143. The third-order valence-corrected chi connectivity index (χ3v) is 18.1. The predicted octanol–water partition coefficient (Wildman–Crippen LogP) is 24.7. The van der Waals surface area contributed by atoms with Gasteiger partial charge < -0.3 is 20.3 Å². The molecule has 82 heavy (non-hydrogen) atoms. The van der Waals surface area contributed by atoms with Gasteiger partial charge in [-0.25, -0.2) is 0 Å². The fourth-order valence-corrected chi connectivity index (χ4v) is 12.3. The Morgan fingerprint density at radius 2 is 0.561 bits per heavy atom. The van der Waals surface area contributed by atoms with Gasteiger partial charge in [-0.15, -0.1) is 0 Å². The summed E-state index contributed by atoms with van der Waals surface area (Å²) in [4.78, 5) is 24.6. The quantitative estimate of drug-likeness (QED) is 0.0320. The normalized spacial score (nSPS) is 12.5. The SMILES string of the molecule is CCCCCCCCCCC/C=C/C(O)C(CO)NC(=O)CCCCCCCCCCCCCCCCCCCCCCCCCCCCCCCCCCCCCCCOC(=O)CCCCCCCCCCCCCCCCCCC. The molecule has 3 N–H and O–H groups in total. The molecule has 0 aromatic heterocycles. The molecule has 0 fully saturated rings. The van der Waals surface area contributed by atoms with Gasteiger partial charge >= 0.3 is 5.97 Å². The molecule has 0 rings (SSSR count). The zero-order chi connectivity index (χ0) is 59.2. The molecule has 2 unspecified atom stereocenters. The molecule has 0 aliphatic carbocycles. The average molecular weight is 1160 g/mol. The number of aliphatic hydroxyl groups excluding tert-OH is 2. The highest BCUT2D eigenvalue weighted by Gasteiger charge is 2.18. The first-order valence-corrected chi connectivity index (χ1v) is 38.0. The van der Waals surface area contributed by atoms with Crippen LogP contribution in [0.4, 0.5) is 0 Å². The maximum Gasteiger partial charge on any atom is 0.305 e. The van der Waals surface area contributed by atoms with E-state index in [0.29, 0.717) is 19.4 Å². The number of rotatable bonds is 72. The van der Waals surface area contributed by atoms with Crippen molar-refractivity contribution < 1.29 is 24.5 Å². The zero-order valence-electron chi connectivity index (χ0n) is 56.0. The third-order valence-electron chi connectivity index (χ3n) is 18.1. The van der Waals surface area contributed by atoms with Crippen molar-refractivity contribution >= 4 is 11.9 Å². The second kappa shape index (κ2) is 72.1. The Morgan fingerprint density at radius 3 is 0.829 bits per heavy atom. The monoisotopic (exact) mass is 1160 g/mol. The fourth-order valence-electron chi connectivity index (χ4n) is 12.3. The van der Waals surface area contributed by atoms with E-state index in [2.05, 4.69) is 19.2 Å². The first-order valence-electron chi connectivity index (χ1n) is 38.0. The molecule has 6 nitrogen and oxygen atoms in total. The van der Waals surface area contributed by atoms with Gasteiger partial charge in [0.1, 0.15) is 0 Å². The smallest absolute Gasteiger partial charge is 0.305 e. The fraction of sp³-hybridized carbons (Fsp3) is 0.947. The molecular formula is C76H149NO5. The van der Waals surface area contributed by atoms with Crippen LogP contribution in [0.15, 0.2) is 12.2 Å². The maximum absolute atomic E-state index is 12.4. The third kappa shape index (κ3) is 67.7. The zero-order valence-corrected chi connectivity index (χ0v) is 56.0. The van der Waals surface area contributed by atoms with Crippen LogP contribution in [-0.2, 0) is 14.3 Å². The largest absolute Gasteiger partial charge is 0.466 e. The Bertz CT molecular complexity index is 1240. The molecule has 6 heteroatoms. The van der Waals surface area contributed by atoms with Gasteiger partial charge in [-0.2, -0.15) is 0 Å².